The van der Waals surface area contributed by atoms with Crippen molar-refractivity contribution in [2.45, 2.75) is 39.3 Å². The maximum Gasteiger partial charge on any atom is 0.0837 e. The summed E-state index contributed by atoms with van der Waals surface area (Å²) in [6.45, 7) is 8.67. The van der Waals surface area contributed by atoms with E-state index in [-0.39, 0.29) is 0 Å². The fraction of sp³-hybridized carbons (Fsp3) is 0.600. The van der Waals surface area contributed by atoms with Gasteiger partial charge < -0.3 is 10.2 Å². The Morgan fingerprint density at radius 1 is 1.35 bits per heavy atom. The summed E-state index contributed by atoms with van der Waals surface area (Å²) in [4.78, 5) is 2.37. The molecular formula is C15H21BrCl2N2. The van der Waals surface area contributed by atoms with Gasteiger partial charge in [0.1, 0.15) is 0 Å². The highest BCUT2D eigenvalue weighted by Gasteiger charge is 2.27. The number of halogens is 3. The van der Waals surface area contributed by atoms with Crippen LogP contribution >= 0.6 is 39.1 Å². The van der Waals surface area contributed by atoms with Gasteiger partial charge in [-0.1, -0.05) is 37.0 Å². The van der Waals surface area contributed by atoms with Gasteiger partial charge in [-0.2, -0.15) is 0 Å². The molecule has 2 rings (SSSR count). The van der Waals surface area contributed by atoms with Gasteiger partial charge in [-0.05, 0) is 47.3 Å². The number of rotatable bonds is 3. The molecule has 1 saturated heterocycles. The van der Waals surface area contributed by atoms with Crippen molar-refractivity contribution in [2.75, 3.05) is 18.0 Å². The van der Waals surface area contributed by atoms with E-state index in [0.29, 0.717) is 28.0 Å². The number of nitrogens with one attached hydrogen (secondary N) is 1. The van der Waals surface area contributed by atoms with Gasteiger partial charge in [0, 0.05) is 29.6 Å². The van der Waals surface area contributed by atoms with Crippen LogP contribution < -0.4 is 10.2 Å². The summed E-state index contributed by atoms with van der Waals surface area (Å²) in [6.07, 6.45) is 1.17. The number of anilines is 1. The highest BCUT2D eigenvalue weighted by molar-refractivity contribution is 9.10. The molecule has 2 unspecified atom stereocenters. The molecule has 0 aliphatic carbocycles. The van der Waals surface area contributed by atoms with E-state index in [1.54, 1.807) is 0 Å². The maximum atomic E-state index is 6.43. The number of benzene rings is 1. The summed E-state index contributed by atoms with van der Waals surface area (Å²) in [5.74, 6) is 0.687. The van der Waals surface area contributed by atoms with Crippen LogP contribution in [-0.2, 0) is 0 Å². The summed E-state index contributed by atoms with van der Waals surface area (Å²) in [5, 5.41) is 4.85. The molecule has 1 heterocycles. The highest BCUT2D eigenvalue weighted by Crippen LogP contribution is 2.39. The lowest BCUT2D eigenvalue weighted by molar-refractivity contribution is 0.356. The molecule has 2 nitrogen and oxygen atoms in total. The fourth-order valence-electron chi connectivity index (χ4n) is 2.73. The molecule has 1 aromatic rings. The van der Waals surface area contributed by atoms with Gasteiger partial charge in [-0.25, -0.2) is 0 Å². The van der Waals surface area contributed by atoms with Crippen molar-refractivity contribution in [2.24, 2.45) is 5.92 Å². The summed E-state index contributed by atoms with van der Waals surface area (Å²) in [6, 6.07) is 4.93. The second kappa shape index (κ2) is 6.87. The average Bonchev–Trinajstić information content (AvgIpc) is 2.38. The Morgan fingerprint density at radius 2 is 2.05 bits per heavy atom. The first-order valence-electron chi connectivity index (χ1n) is 7.03. The molecule has 112 valence electrons. The van der Waals surface area contributed by atoms with Crippen LogP contribution in [0.15, 0.2) is 16.6 Å². The van der Waals surface area contributed by atoms with E-state index in [4.69, 9.17) is 23.2 Å². The van der Waals surface area contributed by atoms with Crippen molar-refractivity contribution in [3.8, 4) is 0 Å². The van der Waals surface area contributed by atoms with E-state index < -0.39 is 0 Å². The Morgan fingerprint density at radius 3 is 2.70 bits per heavy atom. The Balaban J connectivity index is 2.23. The van der Waals surface area contributed by atoms with E-state index in [1.165, 1.54) is 6.42 Å². The standard InChI is InChI=1S/C15H21BrCl2N2/c1-9(2)6-11-8-20(10(3)7-19-11)13-5-4-12(16)14(17)15(13)18/h4-5,9-11,19H,6-8H2,1-3H3. The van der Waals surface area contributed by atoms with Crippen molar-refractivity contribution >= 4 is 44.8 Å². The molecule has 0 amide bonds. The van der Waals surface area contributed by atoms with Crippen LogP contribution in [0, 0.1) is 5.92 Å². The molecule has 0 radical (unpaired) electrons. The Hall–Kier alpha value is 0.0400. The molecule has 2 atom stereocenters. The Kier molecular flexibility index (Phi) is 5.63. The zero-order valence-corrected chi connectivity index (χ0v) is 15.2. The minimum atomic E-state index is 0.410. The molecule has 1 fully saturated rings. The van der Waals surface area contributed by atoms with Gasteiger partial charge in [-0.3, -0.25) is 0 Å². The van der Waals surface area contributed by atoms with Gasteiger partial charge in [0.15, 0.2) is 0 Å². The smallest absolute Gasteiger partial charge is 0.0837 e. The van der Waals surface area contributed by atoms with E-state index in [0.717, 1.165) is 23.2 Å². The third-order valence-electron chi connectivity index (χ3n) is 3.73. The Labute approximate surface area is 139 Å². The topological polar surface area (TPSA) is 15.3 Å². The van der Waals surface area contributed by atoms with E-state index >= 15 is 0 Å². The SMILES string of the molecule is CC(C)CC1CN(c2ccc(Br)c(Cl)c2Cl)C(C)CN1. The lowest BCUT2D eigenvalue weighted by atomic mass is 9.99. The van der Waals surface area contributed by atoms with Gasteiger partial charge in [-0.15, -0.1) is 0 Å². The van der Waals surface area contributed by atoms with Gasteiger partial charge in [0.25, 0.3) is 0 Å². The summed E-state index contributed by atoms with van der Waals surface area (Å²) >= 11 is 16.1. The molecular weight excluding hydrogens is 359 g/mol. The molecule has 20 heavy (non-hydrogen) atoms. The number of nitrogens with zero attached hydrogens (tertiary/aromatic N) is 1. The quantitative estimate of drug-likeness (QED) is 0.746. The largest absolute Gasteiger partial charge is 0.365 e. The molecule has 0 spiro atoms. The number of piperazine rings is 1. The molecule has 0 aromatic heterocycles. The van der Waals surface area contributed by atoms with Crippen LogP contribution in [0.3, 0.4) is 0 Å². The lowest BCUT2D eigenvalue weighted by Crippen LogP contribution is -2.56. The highest BCUT2D eigenvalue weighted by atomic mass is 79.9. The predicted molar refractivity (Wildman–Crippen MR) is 92.2 cm³/mol. The van der Waals surface area contributed by atoms with Crippen LogP contribution in [0.5, 0.6) is 0 Å². The maximum absolute atomic E-state index is 6.43. The van der Waals surface area contributed by atoms with Crippen LogP contribution in [0.2, 0.25) is 10.0 Å². The molecule has 1 aromatic carbocycles. The first-order valence-corrected chi connectivity index (χ1v) is 8.58. The van der Waals surface area contributed by atoms with Gasteiger partial charge >= 0.3 is 0 Å². The van der Waals surface area contributed by atoms with Gasteiger partial charge in [0.05, 0.1) is 15.7 Å². The summed E-state index contributed by atoms with van der Waals surface area (Å²) < 4.78 is 0.842. The first kappa shape index (κ1) is 16.4. The molecule has 5 heteroatoms. The molecule has 1 N–H and O–H groups in total. The fourth-order valence-corrected chi connectivity index (χ4v) is 3.61. The van der Waals surface area contributed by atoms with Crippen molar-refractivity contribution in [1.82, 2.24) is 5.32 Å². The van der Waals surface area contributed by atoms with Crippen molar-refractivity contribution in [3.05, 3.63) is 26.7 Å². The third kappa shape index (κ3) is 3.62. The molecule has 1 aliphatic rings. The van der Waals surface area contributed by atoms with E-state index in [9.17, 15) is 0 Å². The van der Waals surface area contributed by atoms with Crippen LogP contribution in [0.25, 0.3) is 0 Å². The zero-order valence-electron chi connectivity index (χ0n) is 12.1. The van der Waals surface area contributed by atoms with Crippen LogP contribution in [0.4, 0.5) is 5.69 Å². The molecule has 1 aliphatic heterocycles. The Bertz CT molecular complexity index is 479. The summed E-state index contributed by atoms with van der Waals surface area (Å²) in [7, 11) is 0. The normalized spacial score (nSPS) is 23.4. The van der Waals surface area contributed by atoms with Gasteiger partial charge in [0.2, 0.25) is 0 Å². The number of hydrogen-bond acceptors (Lipinski definition) is 2. The van der Waals surface area contributed by atoms with E-state index in [2.05, 4.69) is 46.9 Å². The average molecular weight is 380 g/mol. The minimum absolute atomic E-state index is 0.410. The second-order valence-corrected chi connectivity index (χ2v) is 7.54. The second-order valence-electron chi connectivity index (χ2n) is 5.93. The van der Waals surface area contributed by atoms with E-state index in [1.807, 2.05) is 12.1 Å². The minimum Gasteiger partial charge on any atom is -0.365 e. The lowest BCUT2D eigenvalue weighted by Gasteiger charge is -2.41. The molecule has 0 bridgehead atoms. The van der Waals surface area contributed by atoms with Crippen LogP contribution in [-0.4, -0.2) is 25.2 Å². The van der Waals surface area contributed by atoms with Crippen molar-refractivity contribution in [3.63, 3.8) is 0 Å². The third-order valence-corrected chi connectivity index (χ3v) is 5.49. The predicted octanol–water partition coefficient (Wildman–Crippen LogP) is 4.97. The number of hydrogen-bond donors (Lipinski definition) is 1. The van der Waals surface area contributed by atoms with Crippen molar-refractivity contribution < 1.29 is 0 Å². The summed E-state index contributed by atoms with van der Waals surface area (Å²) in [5.41, 5.74) is 1.03. The molecule has 0 saturated carbocycles. The monoisotopic (exact) mass is 378 g/mol. The zero-order chi connectivity index (χ0) is 14.9. The van der Waals surface area contributed by atoms with Crippen LogP contribution in [0.1, 0.15) is 27.2 Å². The first-order chi connectivity index (χ1) is 9.40. The van der Waals surface area contributed by atoms with Crippen molar-refractivity contribution in [1.29, 1.82) is 0 Å².